The van der Waals surface area contributed by atoms with Crippen LogP contribution < -0.4 is 0 Å². The van der Waals surface area contributed by atoms with Crippen LogP contribution in [-0.2, 0) is 14.3 Å². The van der Waals surface area contributed by atoms with Crippen LogP contribution in [0.5, 0.6) is 0 Å². The van der Waals surface area contributed by atoms with Crippen molar-refractivity contribution < 1.29 is 17.7 Å². The summed E-state index contributed by atoms with van der Waals surface area (Å²) in [7, 11) is -3.83. The molecule has 0 spiro atoms. The third kappa shape index (κ3) is 5.37. The summed E-state index contributed by atoms with van der Waals surface area (Å²) in [4.78, 5) is 0.205. The molecule has 2 aliphatic rings. The lowest BCUT2D eigenvalue weighted by Gasteiger charge is -2.47. The van der Waals surface area contributed by atoms with Crippen molar-refractivity contribution >= 4 is 10.1 Å². The molecule has 0 aliphatic heterocycles. The van der Waals surface area contributed by atoms with Crippen LogP contribution in [0.25, 0.3) is 0 Å². The van der Waals surface area contributed by atoms with Gasteiger partial charge in [-0.3, -0.25) is 4.18 Å². The van der Waals surface area contributed by atoms with Crippen molar-refractivity contribution in [1.29, 1.82) is 0 Å². The minimum absolute atomic E-state index is 0.109. The molecule has 0 amide bonds. The van der Waals surface area contributed by atoms with Gasteiger partial charge in [-0.2, -0.15) is 8.42 Å². The largest absolute Gasteiger partial charge is 0.389 e. The zero-order chi connectivity index (χ0) is 20.2. The molecule has 158 valence electrons. The van der Waals surface area contributed by atoms with Gasteiger partial charge in [0.25, 0.3) is 10.1 Å². The fourth-order valence-electron chi connectivity index (χ4n) is 5.20. The summed E-state index contributed by atoms with van der Waals surface area (Å²) in [5.41, 5.74) is 0.207. The van der Waals surface area contributed by atoms with Gasteiger partial charge in [-0.1, -0.05) is 69.6 Å². The number of aryl methyl sites for hydroxylation is 1. The zero-order valence-electron chi connectivity index (χ0n) is 17.4. The van der Waals surface area contributed by atoms with E-state index < -0.39 is 21.8 Å². The van der Waals surface area contributed by atoms with Gasteiger partial charge < -0.3 is 5.11 Å². The maximum Gasteiger partial charge on any atom is 0.297 e. The molecule has 0 bridgehead atoms. The van der Waals surface area contributed by atoms with Crippen LogP contribution in [0.15, 0.2) is 29.2 Å². The minimum Gasteiger partial charge on any atom is -0.389 e. The van der Waals surface area contributed by atoms with Crippen LogP contribution in [0, 0.1) is 18.8 Å². The highest BCUT2D eigenvalue weighted by Crippen LogP contribution is 2.45. The van der Waals surface area contributed by atoms with Crippen molar-refractivity contribution in [2.45, 2.75) is 101 Å². The minimum atomic E-state index is -3.83. The summed E-state index contributed by atoms with van der Waals surface area (Å²) < 4.78 is 31.7. The maximum absolute atomic E-state index is 12.9. The van der Waals surface area contributed by atoms with Crippen LogP contribution in [-0.4, -0.2) is 25.2 Å². The second-order valence-corrected chi connectivity index (χ2v) is 10.7. The van der Waals surface area contributed by atoms with Gasteiger partial charge in [0.15, 0.2) is 0 Å². The molecule has 1 aromatic rings. The van der Waals surface area contributed by atoms with E-state index in [0.29, 0.717) is 6.42 Å². The van der Waals surface area contributed by atoms with Gasteiger partial charge in [0.2, 0.25) is 0 Å². The lowest BCUT2D eigenvalue weighted by Crippen LogP contribution is -2.51. The first-order valence-corrected chi connectivity index (χ1v) is 12.4. The molecule has 28 heavy (non-hydrogen) atoms. The molecule has 2 aliphatic carbocycles. The van der Waals surface area contributed by atoms with Gasteiger partial charge >= 0.3 is 0 Å². The molecule has 2 fully saturated rings. The number of rotatable bonds is 3. The summed E-state index contributed by atoms with van der Waals surface area (Å²) in [6, 6.07) is 6.81. The first-order chi connectivity index (χ1) is 13.3. The van der Waals surface area contributed by atoms with Crippen molar-refractivity contribution in [3.8, 4) is 0 Å². The highest BCUT2D eigenvalue weighted by atomic mass is 32.2. The summed E-state index contributed by atoms with van der Waals surface area (Å²) in [6.07, 6.45) is 10.7. The average Bonchev–Trinajstić information content (AvgIpc) is 2.65. The molecule has 0 aromatic heterocycles. The topological polar surface area (TPSA) is 63.6 Å². The number of hydrogen-bond acceptors (Lipinski definition) is 4. The molecule has 1 N–H and O–H groups in total. The number of fused-ring (bicyclic) bond motifs is 1. The lowest BCUT2D eigenvalue weighted by atomic mass is 9.66. The second-order valence-electron chi connectivity index (χ2n) is 9.17. The first kappa shape index (κ1) is 21.8. The van der Waals surface area contributed by atoms with Crippen molar-refractivity contribution in [3.63, 3.8) is 0 Å². The van der Waals surface area contributed by atoms with Crippen LogP contribution in [0.4, 0.5) is 0 Å². The smallest absolute Gasteiger partial charge is 0.297 e. The lowest BCUT2D eigenvalue weighted by molar-refractivity contribution is -0.118. The predicted octanol–water partition coefficient (Wildman–Crippen LogP) is 5.37. The Kier molecular flexibility index (Phi) is 7.21. The maximum atomic E-state index is 12.9. The third-order valence-corrected chi connectivity index (χ3v) is 8.01. The second kappa shape index (κ2) is 9.27. The van der Waals surface area contributed by atoms with E-state index >= 15 is 0 Å². The Morgan fingerprint density at radius 1 is 1.00 bits per heavy atom. The van der Waals surface area contributed by atoms with E-state index in [1.54, 1.807) is 24.3 Å². The van der Waals surface area contributed by atoms with Gasteiger partial charge in [0.05, 0.1) is 16.6 Å². The Morgan fingerprint density at radius 3 is 2.29 bits per heavy atom. The standard InChI is InChI=1S/C23H36O4S/c1-18-11-13-20(14-12-18)28(25,26)27-22-16-19(2)17-23(24)15-9-7-5-3-4-6-8-10-21(22)23/h11-14,19,21-22,24H,3-10,15-17H2,1-2H3/t19-,21+,22-,23+/m1/s1. The first-order valence-electron chi connectivity index (χ1n) is 11.0. The number of benzene rings is 1. The van der Waals surface area contributed by atoms with Crippen molar-refractivity contribution in [2.75, 3.05) is 0 Å². The molecule has 0 radical (unpaired) electrons. The molecule has 4 atom stereocenters. The fourth-order valence-corrected chi connectivity index (χ4v) is 6.31. The van der Waals surface area contributed by atoms with Crippen molar-refractivity contribution in [1.82, 2.24) is 0 Å². The summed E-state index contributed by atoms with van der Waals surface area (Å²) >= 11 is 0. The van der Waals surface area contributed by atoms with E-state index in [0.717, 1.165) is 50.5 Å². The highest BCUT2D eigenvalue weighted by Gasteiger charge is 2.47. The molecular formula is C23H36O4S. The van der Waals surface area contributed by atoms with Gasteiger partial charge in [-0.15, -0.1) is 0 Å². The van der Waals surface area contributed by atoms with Crippen LogP contribution in [0.1, 0.15) is 83.1 Å². The summed E-state index contributed by atoms with van der Waals surface area (Å²) in [5, 5.41) is 11.6. The van der Waals surface area contributed by atoms with Gasteiger partial charge in [0, 0.05) is 5.92 Å². The Balaban J connectivity index is 1.83. The average molecular weight is 409 g/mol. The summed E-state index contributed by atoms with van der Waals surface area (Å²) in [6.45, 7) is 4.04. The number of aliphatic hydroxyl groups is 1. The predicted molar refractivity (Wildman–Crippen MR) is 112 cm³/mol. The van der Waals surface area contributed by atoms with Gasteiger partial charge in [-0.05, 0) is 50.7 Å². The van der Waals surface area contributed by atoms with E-state index in [-0.39, 0.29) is 16.7 Å². The van der Waals surface area contributed by atoms with Gasteiger partial charge in [0.1, 0.15) is 0 Å². The SMILES string of the molecule is Cc1ccc(S(=O)(=O)O[C@@H]2C[C@@H](C)C[C@@]3(O)CCCCCCCCC[C@@H]23)cc1. The molecule has 2 saturated carbocycles. The normalized spacial score (nSPS) is 32.9. The third-order valence-electron chi connectivity index (χ3n) is 6.66. The van der Waals surface area contributed by atoms with E-state index in [2.05, 4.69) is 6.92 Å². The van der Waals surface area contributed by atoms with Crippen LogP contribution >= 0.6 is 0 Å². The molecule has 5 heteroatoms. The fraction of sp³-hybridized carbons (Fsp3) is 0.739. The summed E-state index contributed by atoms with van der Waals surface area (Å²) in [5.74, 6) is 0.145. The zero-order valence-corrected chi connectivity index (χ0v) is 18.2. The van der Waals surface area contributed by atoms with E-state index in [9.17, 15) is 13.5 Å². The monoisotopic (exact) mass is 408 g/mol. The molecule has 0 saturated heterocycles. The van der Waals surface area contributed by atoms with Crippen molar-refractivity contribution in [3.05, 3.63) is 29.8 Å². The molecule has 0 heterocycles. The molecule has 1 aromatic carbocycles. The quantitative estimate of drug-likeness (QED) is 0.683. The van der Waals surface area contributed by atoms with E-state index in [1.807, 2.05) is 6.92 Å². The Morgan fingerprint density at radius 2 is 1.61 bits per heavy atom. The van der Waals surface area contributed by atoms with Crippen molar-refractivity contribution in [2.24, 2.45) is 11.8 Å². The molecular weight excluding hydrogens is 372 g/mol. The van der Waals surface area contributed by atoms with E-state index in [1.165, 1.54) is 19.3 Å². The molecule has 4 nitrogen and oxygen atoms in total. The molecule has 3 rings (SSSR count). The van der Waals surface area contributed by atoms with E-state index in [4.69, 9.17) is 4.18 Å². The van der Waals surface area contributed by atoms with Gasteiger partial charge in [-0.25, -0.2) is 0 Å². The highest BCUT2D eigenvalue weighted by molar-refractivity contribution is 7.86. The Bertz CT molecular complexity index is 727. The molecule has 0 unspecified atom stereocenters. The van der Waals surface area contributed by atoms with Crippen LogP contribution in [0.2, 0.25) is 0 Å². The van der Waals surface area contributed by atoms with Crippen LogP contribution in [0.3, 0.4) is 0 Å². The Labute approximate surface area is 170 Å². The number of hydrogen-bond donors (Lipinski definition) is 1. The Hall–Kier alpha value is -0.910.